The summed E-state index contributed by atoms with van der Waals surface area (Å²) < 4.78 is 0. The molecule has 0 amide bonds. The molecule has 0 saturated carbocycles. The highest BCUT2D eigenvalue weighted by Crippen LogP contribution is 2.56. The van der Waals surface area contributed by atoms with E-state index in [1.54, 1.807) is 11.1 Å². The number of aryl methyl sites for hydroxylation is 2. The van der Waals surface area contributed by atoms with Crippen molar-refractivity contribution in [3.63, 3.8) is 0 Å². The fourth-order valence-corrected chi connectivity index (χ4v) is 8.60. The lowest BCUT2D eigenvalue weighted by molar-refractivity contribution is 0.401. The summed E-state index contributed by atoms with van der Waals surface area (Å²) in [5, 5.41) is 5.42. The molecule has 6 aromatic carbocycles. The van der Waals surface area contributed by atoms with Crippen molar-refractivity contribution in [2.45, 2.75) is 97.3 Å². The van der Waals surface area contributed by atoms with Crippen LogP contribution in [-0.2, 0) is 5.41 Å². The maximum atomic E-state index is 2.60. The van der Waals surface area contributed by atoms with Gasteiger partial charge in [0.1, 0.15) is 0 Å². The molecule has 238 valence electrons. The van der Waals surface area contributed by atoms with Crippen molar-refractivity contribution in [2.75, 3.05) is 0 Å². The summed E-state index contributed by atoms with van der Waals surface area (Å²) in [6.45, 7) is 9.13. The van der Waals surface area contributed by atoms with Crippen LogP contribution in [0.5, 0.6) is 0 Å². The molecular formula is C47H50. The van der Waals surface area contributed by atoms with Gasteiger partial charge < -0.3 is 0 Å². The average molecular weight is 615 g/mol. The zero-order valence-electron chi connectivity index (χ0n) is 29.0. The first-order valence-corrected chi connectivity index (χ1v) is 18.3. The first-order valence-electron chi connectivity index (χ1n) is 18.3. The molecule has 47 heavy (non-hydrogen) atoms. The normalized spacial score (nSPS) is 13.3. The van der Waals surface area contributed by atoms with Crippen molar-refractivity contribution in [1.82, 2.24) is 0 Å². The molecule has 1 aliphatic rings. The molecule has 1 aliphatic carbocycles. The molecule has 0 N–H and O–H groups in total. The Labute approximate surface area is 282 Å². The third-order valence-corrected chi connectivity index (χ3v) is 11.2. The van der Waals surface area contributed by atoms with E-state index in [1.165, 1.54) is 130 Å². The van der Waals surface area contributed by atoms with Crippen LogP contribution in [0.15, 0.2) is 109 Å². The van der Waals surface area contributed by atoms with Gasteiger partial charge in [-0.05, 0) is 116 Å². The Morgan fingerprint density at radius 1 is 0.404 bits per heavy atom. The third kappa shape index (κ3) is 5.71. The van der Waals surface area contributed by atoms with E-state index in [9.17, 15) is 0 Å². The second-order valence-electron chi connectivity index (χ2n) is 14.2. The Morgan fingerprint density at radius 2 is 0.809 bits per heavy atom. The monoisotopic (exact) mass is 614 g/mol. The Morgan fingerprint density at radius 3 is 1.23 bits per heavy atom. The van der Waals surface area contributed by atoms with E-state index in [2.05, 4.69) is 137 Å². The smallest absolute Gasteiger partial charge is 0.0215 e. The molecule has 6 aromatic rings. The van der Waals surface area contributed by atoms with E-state index in [4.69, 9.17) is 0 Å². The van der Waals surface area contributed by atoms with E-state index >= 15 is 0 Å². The van der Waals surface area contributed by atoms with Crippen molar-refractivity contribution in [3.8, 4) is 33.4 Å². The lowest BCUT2D eigenvalue weighted by Gasteiger charge is -2.33. The maximum absolute atomic E-state index is 2.60. The van der Waals surface area contributed by atoms with Gasteiger partial charge in [-0.3, -0.25) is 0 Å². The molecule has 0 heteroatoms. The highest BCUT2D eigenvalue weighted by Gasteiger charge is 2.42. The van der Waals surface area contributed by atoms with Gasteiger partial charge >= 0.3 is 0 Å². The van der Waals surface area contributed by atoms with Crippen LogP contribution in [0.2, 0.25) is 0 Å². The lowest BCUT2D eigenvalue weighted by atomic mass is 9.70. The van der Waals surface area contributed by atoms with Gasteiger partial charge in [0.25, 0.3) is 0 Å². The van der Waals surface area contributed by atoms with Crippen molar-refractivity contribution in [1.29, 1.82) is 0 Å². The van der Waals surface area contributed by atoms with Gasteiger partial charge in [-0.2, -0.15) is 0 Å². The van der Waals surface area contributed by atoms with Gasteiger partial charge in [0.05, 0.1) is 0 Å². The Hall–Kier alpha value is -4.16. The summed E-state index contributed by atoms with van der Waals surface area (Å²) in [7, 11) is 0. The molecule has 7 rings (SSSR count). The zero-order chi connectivity index (χ0) is 32.4. The van der Waals surface area contributed by atoms with E-state index < -0.39 is 0 Å². The molecule has 0 bridgehead atoms. The van der Waals surface area contributed by atoms with Gasteiger partial charge in [0.2, 0.25) is 0 Å². The number of unbranched alkanes of at least 4 members (excludes halogenated alkanes) is 6. The summed E-state index contributed by atoms with van der Waals surface area (Å²) in [5.41, 5.74) is 14.1. The van der Waals surface area contributed by atoms with Crippen molar-refractivity contribution in [3.05, 3.63) is 131 Å². The van der Waals surface area contributed by atoms with Gasteiger partial charge in [-0.15, -0.1) is 0 Å². The molecule has 0 heterocycles. The van der Waals surface area contributed by atoms with Crippen molar-refractivity contribution in [2.24, 2.45) is 0 Å². The van der Waals surface area contributed by atoms with Crippen LogP contribution in [0.3, 0.4) is 0 Å². The predicted molar refractivity (Wildman–Crippen MR) is 206 cm³/mol. The minimum absolute atomic E-state index is 0.0270. The number of fused-ring (bicyclic) bond motifs is 5. The molecular weight excluding hydrogens is 565 g/mol. The number of rotatable bonds is 12. The fourth-order valence-electron chi connectivity index (χ4n) is 8.60. The average Bonchev–Trinajstić information content (AvgIpc) is 3.37. The maximum Gasteiger partial charge on any atom is 0.0215 e. The van der Waals surface area contributed by atoms with Gasteiger partial charge in [-0.25, -0.2) is 0 Å². The second-order valence-corrected chi connectivity index (χ2v) is 14.2. The molecule has 0 radical (unpaired) electrons. The van der Waals surface area contributed by atoms with E-state index in [0.717, 1.165) is 0 Å². The minimum Gasteiger partial charge on any atom is -0.0654 e. The molecule has 0 aliphatic heterocycles. The SMILES string of the molecule is CCCCCCC1(CCCCCC)c2cc(-c3ccc(C)c4ccccc34)ccc2-c2ccc(-c3ccc(C)c4ccccc34)cc21. The van der Waals surface area contributed by atoms with E-state index in [0.29, 0.717) is 0 Å². The van der Waals surface area contributed by atoms with Crippen molar-refractivity contribution < 1.29 is 0 Å². The first kappa shape index (κ1) is 31.4. The summed E-state index contributed by atoms with van der Waals surface area (Å²) in [6, 6.07) is 42.1. The first-order chi connectivity index (χ1) is 23.1. The van der Waals surface area contributed by atoms with Crippen LogP contribution < -0.4 is 0 Å². The second kappa shape index (κ2) is 13.5. The summed E-state index contributed by atoms with van der Waals surface area (Å²) in [5.74, 6) is 0. The summed E-state index contributed by atoms with van der Waals surface area (Å²) >= 11 is 0. The van der Waals surface area contributed by atoms with Crippen molar-refractivity contribution >= 4 is 21.5 Å². The number of hydrogen-bond acceptors (Lipinski definition) is 0. The summed E-state index contributed by atoms with van der Waals surface area (Å²) in [6.07, 6.45) is 12.8. The topological polar surface area (TPSA) is 0 Å². The predicted octanol–water partition coefficient (Wildman–Crippen LogP) is 14.2. The molecule has 0 aromatic heterocycles. The summed E-state index contributed by atoms with van der Waals surface area (Å²) in [4.78, 5) is 0. The van der Waals surface area contributed by atoms with E-state index in [1.807, 2.05) is 0 Å². The minimum atomic E-state index is 0.0270. The lowest BCUT2D eigenvalue weighted by Crippen LogP contribution is -2.25. The Balaban J connectivity index is 1.42. The Kier molecular flexibility index (Phi) is 9.05. The molecule has 0 saturated heterocycles. The fraction of sp³-hybridized carbons (Fsp3) is 0.319. The number of hydrogen-bond donors (Lipinski definition) is 0. The van der Waals surface area contributed by atoms with Gasteiger partial charge in [-0.1, -0.05) is 162 Å². The standard InChI is InChI=1S/C47H50/c1-5-7-9-15-29-47(30-16-10-8-6-2)45-31-35(39-25-21-33(3)37-17-11-13-19-41(37)39)23-27-43(45)44-28-24-36(32-46(44)47)40-26-22-34(4)38-18-12-14-20-42(38)40/h11-14,17-28,31-32H,5-10,15-16,29-30H2,1-4H3. The Bertz CT molecular complexity index is 1890. The van der Waals surface area contributed by atoms with Crippen LogP contribution in [0.1, 0.15) is 100 Å². The number of benzene rings is 6. The van der Waals surface area contributed by atoms with Gasteiger partial charge in [0, 0.05) is 5.41 Å². The van der Waals surface area contributed by atoms with Crippen LogP contribution in [0.25, 0.3) is 54.9 Å². The van der Waals surface area contributed by atoms with Crippen LogP contribution in [0.4, 0.5) is 0 Å². The quantitative estimate of drug-likeness (QED) is 0.120. The molecule has 0 atom stereocenters. The largest absolute Gasteiger partial charge is 0.0654 e. The van der Waals surface area contributed by atoms with Crippen LogP contribution in [-0.4, -0.2) is 0 Å². The van der Waals surface area contributed by atoms with Crippen LogP contribution in [0, 0.1) is 13.8 Å². The molecule has 0 nitrogen and oxygen atoms in total. The third-order valence-electron chi connectivity index (χ3n) is 11.2. The molecule has 0 fully saturated rings. The highest BCUT2D eigenvalue weighted by atomic mass is 14.5. The van der Waals surface area contributed by atoms with Gasteiger partial charge in [0.15, 0.2) is 0 Å². The van der Waals surface area contributed by atoms with E-state index in [-0.39, 0.29) is 5.41 Å². The van der Waals surface area contributed by atoms with Crippen LogP contribution >= 0.6 is 0 Å². The zero-order valence-corrected chi connectivity index (χ0v) is 29.0. The molecule has 0 unspecified atom stereocenters. The highest BCUT2D eigenvalue weighted by molar-refractivity contribution is 6.01. The molecule has 0 spiro atoms.